The van der Waals surface area contributed by atoms with Crippen molar-refractivity contribution in [2.24, 2.45) is 0 Å². The third-order valence-electron chi connectivity index (χ3n) is 3.46. The van der Waals surface area contributed by atoms with E-state index in [1.807, 2.05) is 31.2 Å². The van der Waals surface area contributed by atoms with Gasteiger partial charge in [-0.25, -0.2) is 0 Å². The topological polar surface area (TPSA) is 55.1 Å². The molecule has 1 heterocycles. The van der Waals surface area contributed by atoms with Crippen LogP contribution in [0.1, 0.15) is 42.3 Å². The summed E-state index contributed by atoms with van der Waals surface area (Å²) in [7, 11) is 0. The standard InChI is InChI=1S/C16H19ClN2O2/c1-10(2)16-14(8-12-5-4-6-13(17)7-12)11(3)19(18-16)9-15(20)21/h4-7,10H,8-9H2,1-3H3,(H,20,21). The predicted molar refractivity (Wildman–Crippen MR) is 82.9 cm³/mol. The molecule has 0 aliphatic heterocycles. The maximum Gasteiger partial charge on any atom is 0.325 e. The molecule has 112 valence electrons. The largest absolute Gasteiger partial charge is 0.480 e. The molecule has 1 aromatic heterocycles. The summed E-state index contributed by atoms with van der Waals surface area (Å²) in [6, 6.07) is 7.71. The maximum atomic E-state index is 10.9. The molecular formula is C16H19ClN2O2. The predicted octanol–water partition coefficient (Wildman–Crippen LogP) is 3.64. The zero-order chi connectivity index (χ0) is 15.6. The summed E-state index contributed by atoms with van der Waals surface area (Å²) >= 11 is 6.03. The molecule has 1 aromatic carbocycles. The Balaban J connectivity index is 2.41. The van der Waals surface area contributed by atoms with E-state index in [-0.39, 0.29) is 12.5 Å². The van der Waals surface area contributed by atoms with Gasteiger partial charge in [-0.3, -0.25) is 9.48 Å². The number of rotatable bonds is 5. The fourth-order valence-electron chi connectivity index (χ4n) is 2.42. The van der Waals surface area contributed by atoms with Crippen molar-refractivity contribution in [3.8, 4) is 0 Å². The van der Waals surface area contributed by atoms with E-state index in [0.29, 0.717) is 11.4 Å². The molecular weight excluding hydrogens is 288 g/mol. The number of hydrogen-bond acceptors (Lipinski definition) is 2. The number of carbonyl (C=O) groups is 1. The molecule has 0 amide bonds. The monoisotopic (exact) mass is 306 g/mol. The van der Waals surface area contributed by atoms with Crippen LogP contribution in [0.5, 0.6) is 0 Å². The molecule has 0 unspecified atom stereocenters. The van der Waals surface area contributed by atoms with Crippen LogP contribution < -0.4 is 0 Å². The van der Waals surface area contributed by atoms with Gasteiger partial charge < -0.3 is 5.11 Å². The number of benzene rings is 1. The van der Waals surface area contributed by atoms with E-state index < -0.39 is 5.97 Å². The fraction of sp³-hybridized carbons (Fsp3) is 0.375. The van der Waals surface area contributed by atoms with Crippen molar-refractivity contribution in [3.63, 3.8) is 0 Å². The molecule has 1 N–H and O–H groups in total. The van der Waals surface area contributed by atoms with Crippen molar-refractivity contribution < 1.29 is 9.90 Å². The Kier molecular flexibility index (Phi) is 4.68. The van der Waals surface area contributed by atoms with Crippen LogP contribution in [0.25, 0.3) is 0 Å². The third-order valence-corrected chi connectivity index (χ3v) is 3.70. The van der Waals surface area contributed by atoms with Crippen molar-refractivity contribution in [2.45, 2.75) is 39.7 Å². The van der Waals surface area contributed by atoms with Crippen molar-refractivity contribution >= 4 is 17.6 Å². The molecule has 0 bridgehead atoms. The van der Waals surface area contributed by atoms with Crippen molar-refractivity contribution in [1.29, 1.82) is 0 Å². The van der Waals surface area contributed by atoms with Gasteiger partial charge in [-0.15, -0.1) is 0 Å². The molecule has 0 radical (unpaired) electrons. The molecule has 2 aromatic rings. The number of aromatic nitrogens is 2. The summed E-state index contributed by atoms with van der Waals surface area (Å²) in [5, 5.41) is 14.2. The molecule has 0 saturated carbocycles. The van der Waals surface area contributed by atoms with E-state index in [1.165, 1.54) is 0 Å². The minimum atomic E-state index is -0.884. The number of nitrogens with zero attached hydrogens (tertiary/aromatic N) is 2. The summed E-state index contributed by atoms with van der Waals surface area (Å²) in [4.78, 5) is 10.9. The average Bonchev–Trinajstić information content (AvgIpc) is 2.67. The third kappa shape index (κ3) is 3.64. The van der Waals surface area contributed by atoms with Gasteiger partial charge in [0, 0.05) is 22.7 Å². The molecule has 5 heteroatoms. The van der Waals surface area contributed by atoms with Crippen LogP contribution in [-0.4, -0.2) is 20.9 Å². The Morgan fingerprint density at radius 3 is 2.71 bits per heavy atom. The van der Waals surface area contributed by atoms with E-state index in [1.54, 1.807) is 4.68 Å². The van der Waals surface area contributed by atoms with Gasteiger partial charge >= 0.3 is 5.97 Å². The summed E-state index contributed by atoms with van der Waals surface area (Å²) in [6.45, 7) is 5.94. The van der Waals surface area contributed by atoms with Crippen LogP contribution in [0.2, 0.25) is 5.02 Å². The Labute approximate surface area is 129 Å². The highest BCUT2D eigenvalue weighted by atomic mass is 35.5. The van der Waals surface area contributed by atoms with Gasteiger partial charge in [-0.1, -0.05) is 37.6 Å². The van der Waals surface area contributed by atoms with E-state index in [0.717, 1.165) is 22.5 Å². The Hall–Kier alpha value is -1.81. The Morgan fingerprint density at radius 1 is 1.43 bits per heavy atom. The first-order chi connectivity index (χ1) is 9.88. The van der Waals surface area contributed by atoms with Gasteiger partial charge in [-0.05, 0) is 30.5 Å². The fourth-order valence-corrected chi connectivity index (χ4v) is 2.63. The number of carboxylic acid groups (broad SMARTS) is 1. The van der Waals surface area contributed by atoms with Gasteiger partial charge in [-0.2, -0.15) is 5.10 Å². The molecule has 4 nitrogen and oxygen atoms in total. The lowest BCUT2D eigenvalue weighted by Gasteiger charge is -2.07. The molecule has 21 heavy (non-hydrogen) atoms. The van der Waals surface area contributed by atoms with Gasteiger partial charge in [0.05, 0.1) is 5.69 Å². The van der Waals surface area contributed by atoms with Crippen molar-refractivity contribution in [3.05, 3.63) is 51.8 Å². The maximum absolute atomic E-state index is 10.9. The number of hydrogen-bond donors (Lipinski definition) is 1. The summed E-state index contributed by atoms with van der Waals surface area (Å²) < 4.78 is 1.57. The van der Waals surface area contributed by atoms with Gasteiger partial charge in [0.25, 0.3) is 0 Å². The van der Waals surface area contributed by atoms with Crippen LogP contribution >= 0.6 is 11.6 Å². The quantitative estimate of drug-likeness (QED) is 0.917. The zero-order valence-electron chi connectivity index (χ0n) is 12.4. The van der Waals surface area contributed by atoms with Gasteiger partial charge in [0.1, 0.15) is 6.54 Å². The minimum absolute atomic E-state index is 0.110. The van der Waals surface area contributed by atoms with E-state index >= 15 is 0 Å². The smallest absolute Gasteiger partial charge is 0.325 e. The highest BCUT2D eigenvalue weighted by Gasteiger charge is 2.18. The molecule has 0 aliphatic carbocycles. The lowest BCUT2D eigenvalue weighted by Crippen LogP contribution is -2.12. The Morgan fingerprint density at radius 2 is 2.14 bits per heavy atom. The lowest BCUT2D eigenvalue weighted by atomic mass is 9.98. The Bertz CT molecular complexity index is 662. The zero-order valence-corrected chi connectivity index (χ0v) is 13.2. The SMILES string of the molecule is Cc1c(Cc2cccc(Cl)c2)c(C(C)C)nn1CC(=O)O. The first-order valence-corrected chi connectivity index (χ1v) is 7.28. The molecule has 0 aliphatic rings. The van der Waals surface area contributed by atoms with Crippen molar-refractivity contribution in [2.75, 3.05) is 0 Å². The number of carboxylic acids is 1. The highest BCUT2D eigenvalue weighted by molar-refractivity contribution is 6.30. The van der Waals surface area contributed by atoms with Crippen molar-refractivity contribution in [1.82, 2.24) is 9.78 Å². The highest BCUT2D eigenvalue weighted by Crippen LogP contribution is 2.25. The van der Waals surface area contributed by atoms with E-state index in [2.05, 4.69) is 18.9 Å². The molecule has 0 spiro atoms. The number of halogens is 1. The average molecular weight is 307 g/mol. The lowest BCUT2D eigenvalue weighted by molar-refractivity contribution is -0.137. The summed E-state index contributed by atoms with van der Waals surface area (Å²) in [5.74, 6) is -0.641. The van der Waals surface area contributed by atoms with Gasteiger partial charge in [0.15, 0.2) is 0 Å². The first-order valence-electron chi connectivity index (χ1n) is 6.91. The molecule has 0 saturated heterocycles. The van der Waals surface area contributed by atoms with Crippen LogP contribution in [0, 0.1) is 6.92 Å². The van der Waals surface area contributed by atoms with E-state index in [4.69, 9.17) is 16.7 Å². The minimum Gasteiger partial charge on any atom is -0.480 e. The van der Waals surface area contributed by atoms with Crippen LogP contribution in [0.15, 0.2) is 24.3 Å². The second-order valence-electron chi connectivity index (χ2n) is 5.46. The van der Waals surface area contributed by atoms with Gasteiger partial charge in [0.2, 0.25) is 0 Å². The second kappa shape index (κ2) is 6.31. The van der Waals surface area contributed by atoms with E-state index in [9.17, 15) is 4.79 Å². The summed E-state index contributed by atoms with van der Waals surface area (Å²) in [6.07, 6.45) is 0.708. The van der Waals surface area contributed by atoms with Crippen LogP contribution in [0.3, 0.4) is 0 Å². The number of aliphatic carboxylic acids is 1. The molecule has 2 rings (SSSR count). The van der Waals surface area contributed by atoms with Crippen LogP contribution in [0.4, 0.5) is 0 Å². The first kappa shape index (κ1) is 15.6. The summed E-state index contributed by atoms with van der Waals surface area (Å²) in [5.41, 5.74) is 4.05. The van der Waals surface area contributed by atoms with Crippen LogP contribution in [-0.2, 0) is 17.8 Å². The molecule has 0 atom stereocenters. The normalized spacial score (nSPS) is 11.1. The molecule has 0 fully saturated rings. The second-order valence-corrected chi connectivity index (χ2v) is 5.90.